The molecule has 0 fully saturated rings. The number of hydrogen-bond acceptors (Lipinski definition) is 4. The monoisotopic (exact) mass is 302 g/mol. The summed E-state index contributed by atoms with van der Waals surface area (Å²) in [7, 11) is 0. The first kappa shape index (κ1) is 13.5. The molecule has 0 aliphatic heterocycles. The maximum absolute atomic E-state index is 5.69. The van der Waals surface area contributed by atoms with E-state index < -0.39 is 0 Å². The van der Waals surface area contributed by atoms with E-state index in [1.807, 2.05) is 60.8 Å². The van der Waals surface area contributed by atoms with E-state index in [1.54, 1.807) is 16.9 Å². The van der Waals surface area contributed by atoms with Crippen molar-refractivity contribution in [3.63, 3.8) is 0 Å². The Balaban J connectivity index is 1.51. The van der Waals surface area contributed by atoms with E-state index in [0.717, 1.165) is 22.5 Å². The number of pyridine rings is 1. The molecular formula is C18H14N4O. The smallest absolute Gasteiger partial charge is 0.213 e. The van der Waals surface area contributed by atoms with E-state index in [1.165, 1.54) is 0 Å². The Morgan fingerprint density at radius 2 is 1.83 bits per heavy atom. The van der Waals surface area contributed by atoms with E-state index in [-0.39, 0.29) is 0 Å². The summed E-state index contributed by atoms with van der Waals surface area (Å²) in [5.41, 5.74) is 3.72. The molecule has 0 N–H and O–H groups in total. The fourth-order valence-corrected chi connectivity index (χ4v) is 2.32. The van der Waals surface area contributed by atoms with E-state index >= 15 is 0 Å². The van der Waals surface area contributed by atoms with Crippen LogP contribution in [0.5, 0.6) is 5.88 Å². The Morgan fingerprint density at radius 3 is 2.65 bits per heavy atom. The largest absolute Gasteiger partial charge is 0.473 e. The van der Waals surface area contributed by atoms with Crippen LogP contribution in [0.3, 0.4) is 0 Å². The number of hydrogen-bond donors (Lipinski definition) is 0. The molecule has 0 aliphatic carbocycles. The van der Waals surface area contributed by atoms with Crippen LogP contribution in [0.4, 0.5) is 0 Å². The van der Waals surface area contributed by atoms with Crippen molar-refractivity contribution < 1.29 is 4.74 Å². The van der Waals surface area contributed by atoms with E-state index in [0.29, 0.717) is 12.5 Å². The van der Waals surface area contributed by atoms with Gasteiger partial charge in [-0.3, -0.25) is 0 Å². The SMILES string of the molecule is c1ccc(COc2ccc(-c3ccc4nccn4n3)cn2)cc1. The van der Waals surface area contributed by atoms with Crippen molar-refractivity contribution in [2.75, 3.05) is 0 Å². The fraction of sp³-hybridized carbons (Fsp3) is 0.0556. The third-order valence-corrected chi connectivity index (χ3v) is 3.52. The molecule has 0 saturated heterocycles. The summed E-state index contributed by atoms with van der Waals surface area (Å²) in [5.74, 6) is 0.598. The first-order valence-corrected chi connectivity index (χ1v) is 7.32. The molecule has 0 atom stereocenters. The number of rotatable bonds is 4. The molecule has 0 radical (unpaired) electrons. The summed E-state index contributed by atoms with van der Waals surface area (Å²) in [6.45, 7) is 0.506. The first-order chi connectivity index (χ1) is 11.4. The van der Waals surface area contributed by atoms with Crippen LogP contribution in [0.2, 0.25) is 0 Å². The van der Waals surface area contributed by atoms with Gasteiger partial charge >= 0.3 is 0 Å². The number of imidazole rings is 1. The molecule has 0 aliphatic rings. The van der Waals surface area contributed by atoms with Crippen LogP contribution in [0.25, 0.3) is 16.9 Å². The minimum absolute atomic E-state index is 0.506. The van der Waals surface area contributed by atoms with Crippen molar-refractivity contribution >= 4 is 5.65 Å². The van der Waals surface area contributed by atoms with Gasteiger partial charge in [-0.15, -0.1) is 0 Å². The number of ether oxygens (including phenoxy) is 1. The quantitative estimate of drug-likeness (QED) is 0.580. The van der Waals surface area contributed by atoms with Gasteiger partial charge in [-0.2, -0.15) is 5.10 Å². The molecule has 5 nitrogen and oxygen atoms in total. The first-order valence-electron chi connectivity index (χ1n) is 7.32. The lowest BCUT2D eigenvalue weighted by Gasteiger charge is -2.06. The van der Waals surface area contributed by atoms with Crippen molar-refractivity contribution in [3.8, 4) is 17.1 Å². The van der Waals surface area contributed by atoms with Crippen LogP contribution in [0.1, 0.15) is 5.56 Å². The minimum atomic E-state index is 0.506. The Kier molecular flexibility index (Phi) is 3.44. The summed E-state index contributed by atoms with van der Waals surface area (Å²) in [5, 5.41) is 4.50. The highest BCUT2D eigenvalue weighted by Gasteiger charge is 2.04. The molecule has 0 saturated carbocycles. The zero-order valence-electron chi connectivity index (χ0n) is 12.3. The average Bonchev–Trinajstić information content (AvgIpc) is 3.09. The molecule has 0 unspecified atom stereocenters. The normalized spacial score (nSPS) is 10.8. The predicted molar refractivity (Wildman–Crippen MR) is 87.0 cm³/mol. The second-order valence-electron chi connectivity index (χ2n) is 5.11. The highest BCUT2D eigenvalue weighted by molar-refractivity contribution is 5.59. The Hall–Kier alpha value is -3.21. The average molecular weight is 302 g/mol. The van der Waals surface area contributed by atoms with E-state index in [2.05, 4.69) is 15.1 Å². The predicted octanol–water partition coefficient (Wildman–Crippen LogP) is 3.37. The van der Waals surface area contributed by atoms with Gasteiger partial charge in [0.1, 0.15) is 6.61 Å². The van der Waals surface area contributed by atoms with Crippen LogP contribution in [0.15, 0.2) is 73.2 Å². The third kappa shape index (κ3) is 2.89. The molecule has 5 heteroatoms. The standard InChI is InChI=1S/C18H14N4O/c1-2-4-14(5-3-1)13-23-18-9-6-15(12-20-18)16-7-8-17-19-10-11-22(17)21-16/h1-12H,13H2. The van der Waals surface area contributed by atoms with Gasteiger partial charge in [0.05, 0.1) is 5.69 Å². The van der Waals surface area contributed by atoms with Crippen LogP contribution in [-0.4, -0.2) is 19.6 Å². The maximum Gasteiger partial charge on any atom is 0.213 e. The maximum atomic E-state index is 5.69. The lowest BCUT2D eigenvalue weighted by molar-refractivity contribution is 0.294. The van der Waals surface area contributed by atoms with E-state index in [9.17, 15) is 0 Å². The molecule has 0 bridgehead atoms. The zero-order valence-corrected chi connectivity index (χ0v) is 12.3. The topological polar surface area (TPSA) is 52.3 Å². The van der Waals surface area contributed by atoms with Gasteiger partial charge < -0.3 is 4.74 Å². The van der Waals surface area contributed by atoms with Gasteiger partial charge in [-0.25, -0.2) is 14.5 Å². The number of nitrogens with zero attached hydrogens (tertiary/aromatic N) is 4. The zero-order chi connectivity index (χ0) is 15.5. The number of benzene rings is 1. The van der Waals surface area contributed by atoms with Crippen molar-refractivity contribution in [3.05, 3.63) is 78.8 Å². The van der Waals surface area contributed by atoms with Crippen LogP contribution in [0, 0.1) is 0 Å². The Bertz CT molecular complexity index is 917. The van der Waals surface area contributed by atoms with Crippen molar-refractivity contribution in [1.82, 2.24) is 19.6 Å². The molecule has 4 aromatic rings. The van der Waals surface area contributed by atoms with Gasteiger partial charge in [-0.05, 0) is 23.8 Å². The fourth-order valence-electron chi connectivity index (χ4n) is 2.32. The molecule has 23 heavy (non-hydrogen) atoms. The second kappa shape index (κ2) is 5.88. The second-order valence-corrected chi connectivity index (χ2v) is 5.11. The van der Waals surface area contributed by atoms with Crippen molar-refractivity contribution in [2.24, 2.45) is 0 Å². The molecule has 1 aromatic carbocycles. The summed E-state index contributed by atoms with van der Waals surface area (Å²) in [4.78, 5) is 8.54. The van der Waals surface area contributed by atoms with Gasteiger partial charge in [0.2, 0.25) is 5.88 Å². The lowest BCUT2D eigenvalue weighted by Crippen LogP contribution is -1.97. The van der Waals surface area contributed by atoms with Crippen LogP contribution in [-0.2, 0) is 6.61 Å². The minimum Gasteiger partial charge on any atom is -0.473 e. The summed E-state index contributed by atoms with van der Waals surface area (Å²) >= 11 is 0. The Labute approximate surface area is 133 Å². The molecular weight excluding hydrogens is 288 g/mol. The molecule has 0 amide bonds. The summed E-state index contributed by atoms with van der Waals surface area (Å²) in [6.07, 6.45) is 5.32. The molecule has 112 valence electrons. The van der Waals surface area contributed by atoms with Gasteiger partial charge in [0.15, 0.2) is 5.65 Å². The van der Waals surface area contributed by atoms with Crippen molar-refractivity contribution in [2.45, 2.75) is 6.61 Å². The van der Waals surface area contributed by atoms with Gasteiger partial charge in [0, 0.05) is 30.2 Å². The van der Waals surface area contributed by atoms with Gasteiger partial charge in [0.25, 0.3) is 0 Å². The van der Waals surface area contributed by atoms with Gasteiger partial charge in [-0.1, -0.05) is 30.3 Å². The Morgan fingerprint density at radius 1 is 0.913 bits per heavy atom. The summed E-state index contributed by atoms with van der Waals surface area (Å²) in [6, 6.07) is 17.7. The van der Waals surface area contributed by atoms with E-state index in [4.69, 9.17) is 4.74 Å². The number of aromatic nitrogens is 4. The number of fused-ring (bicyclic) bond motifs is 1. The molecule has 4 rings (SSSR count). The van der Waals surface area contributed by atoms with Crippen molar-refractivity contribution in [1.29, 1.82) is 0 Å². The highest BCUT2D eigenvalue weighted by atomic mass is 16.5. The lowest BCUT2D eigenvalue weighted by atomic mass is 10.2. The summed E-state index contributed by atoms with van der Waals surface area (Å²) < 4.78 is 7.44. The third-order valence-electron chi connectivity index (χ3n) is 3.52. The molecule has 3 aromatic heterocycles. The molecule has 3 heterocycles. The molecule has 0 spiro atoms. The van der Waals surface area contributed by atoms with Crippen LogP contribution < -0.4 is 4.74 Å². The van der Waals surface area contributed by atoms with Crippen LogP contribution >= 0.6 is 0 Å². The highest BCUT2D eigenvalue weighted by Crippen LogP contribution is 2.19.